The fraction of sp³-hybridized carbons (Fsp3) is 0.382. The molecule has 10 heteroatoms. The Bertz CT molecular complexity index is 1680. The number of thiazole rings is 1. The van der Waals surface area contributed by atoms with Crippen LogP contribution in [-0.4, -0.2) is 46.5 Å². The Labute approximate surface area is 259 Å². The number of nitrogens with zero attached hydrogens (tertiary/aromatic N) is 3. The molecular formula is C34H37F3N4O2S. The Morgan fingerprint density at radius 3 is 2.23 bits per heavy atom. The third-order valence-electron chi connectivity index (χ3n) is 7.97. The highest BCUT2D eigenvalue weighted by Crippen LogP contribution is 2.34. The van der Waals surface area contributed by atoms with E-state index in [0.29, 0.717) is 78.5 Å². The molecule has 1 amide bonds. The zero-order chi connectivity index (χ0) is 31.6. The lowest BCUT2D eigenvalue weighted by Gasteiger charge is -2.30. The zero-order valence-electron chi connectivity index (χ0n) is 25.4. The first-order valence-corrected chi connectivity index (χ1v) is 15.9. The number of aromatic nitrogens is 2. The molecule has 0 bridgehead atoms. The first-order valence-electron chi connectivity index (χ1n) is 15.1. The molecule has 0 unspecified atom stereocenters. The minimum absolute atomic E-state index is 0.122. The molecular weight excluding hydrogens is 585 g/mol. The number of carbonyl (C=O) groups is 1. The average molecular weight is 623 g/mol. The zero-order valence-corrected chi connectivity index (χ0v) is 26.2. The van der Waals surface area contributed by atoms with Crippen molar-refractivity contribution in [1.82, 2.24) is 19.8 Å². The molecule has 0 saturated carbocycles. The molecule has 232 valence electrons. The van der Waals surface area contributed by atoms with E-state index < -0.39 is 11.7 Å². The topological polar surface area (TPSA) is 67.2 Å². The summed E-state index contributed by atoms with van der Waals surface area (Å²) in [6.45, 7) is 10.8. The van der Waals surface area contributed by atoms with Crippen molar-refractivity contribution in [2.24, 2.45) is 5.92 Å². The Morgan fingerprint density at radius 1 is 1.02 bits per heavy atom. The van der Waals surface area contributed by atoms with Crippen LogP contribution in [0.25, 0.3) is 27.5 Å². The van der Waals surface area contributed by atoms with Crippen molar-refractivity contribution in [2.75, 3.05) is 26.2 Å². The molecule has 1 aliphatic heterocycles. The van der Waals surface area contributed by atoms with Gasteiger partial charge < -0.3 is 10.2 Å². The van der Waals surface area contributed by atoms with Crippen LogP contribution in [0.4, 0.5) is 13.2 Å². The monoisotopic (exact) mass is 622 g/mol. The predicted molar refractivity (Wildman–Crippen MR) is 170 cm³/mol. The highest BCUT2D eigenvalue weighted by atomic mass is 32.1. The maximum Gasteiger partial charge on any atom is 0.416 e. The first kappa shape index (κ1) is 31.7. The lowest BCUT2D eigenvalue weighted by molar-refractivity contribution is -0.137. The third-order valence-corrected chi connectivity index (χ3v) is 8.85. The number of hydrogen-bond acceptors (Lipinski definition) is 5. The number of aryl methyl sites for hydroxylation is 2. The first-order chi connectivity index (χ1) is 21.0. The number of benzene rings is 2. The molecule has 0 radical (unpaired) electrons. The number of amides is 1. The van der Waals surface area contributed by atoms with Crippen molar-refractivity contribution >= 4 is 17.2 Å². The summed E-state index contributed by atoms with van der Waals surface area (Å²) in [6.07, 6.45) is -2.50. The van der Waals surface area contributed by atoms with Gasteiger partial charge in [0.15, 0.2) is 0 Å². The van der Waals surface area contributed by atoms with Crippen molar-refractivity contribution in [2.45, 2.75) is 53.1 Å². The van der Waals surface area contributed by atoms with Gasteiger partial charge >= 0.3 is 6.18 Å². The second kappa shape index (κ2) is 13.1. The van der Waals surface area contributed by atoms with Crippen molar-refractivity contribution in [1.29, 1.82) is 0 Å². The Hall–Kier alpha value is -3.76. The summed E-state index contributed by atoms with van der Waals surface area (Å²) in [5, 5.41) is 5.44. The van der Waals surface area contributed by atoms with E-state index in [2.05, 4.69) is 33.0 Å². The number of para-hydroxylation sites is 1. The van der Waals surface area contributed by atoms with Crippen LogP contribution in [0, 0.1) is 5.92 Å². The van der Waals surface area contributed by atoms with Crippen LogP contribution in [0.1, 0.15) is 60.4 Å². The molecule has 2 aromatic heterocycles. The van der Waals surface area contributed by atoms with Gasteiger partial charge in [0.2, 0.25) is 0 Å². The number of piperazine rings is 1. The maximum absolute atomic E-state index is 14.6. The second-order valence-electron chi connectivity index (χ2n) is 11.4. The smallest absolute Gasteiger partial charge is 0.336 e. The molecule has 1 saturated heterocycles. The van der Waals surface area contributed by atoms with E-state index in [4.69, 9.17) is 4.98 Å². The van der Waals surface area contributed by atoms with Crippen LogP contribution in [0.15, 0.2) is 58.7 Å². The van der Waals surface area contributed by atoms with Crippen LogP contribution < -0.4 is 10.9 Å². The van der Waals surface area contributed by atoms with Crippen molar-refractivity contribution in [3.05, 3.63) is 92.2 Å². The lowest BCUT2D eigenvalue weighted by Crippen LogP contribution is -2.47. The fourth-order valence-electron chi connectivity index (χ4n) is 5.72. The molecule has 1 aliphatic rings. The van der Waals surface area contributed by atoms with Gasteiger partial charge in [-0.25, -0.2) is 4.98 Å². The highest BCUT2D eigenvalue weighted by molar-refractivity contribution is 7.13. The molecule has 3 heterocycles. The highest BCUT2D eigenvalue weighted by Gasteiger charge is 2.31. The van der Waals surface area contributed by atoms with Crippen LogP contribution in [0.2, 0.25) is 0 Å². The van der Waals surface area contributed by atoms with E-state index in [1.165, 1.54) is 23.5 Å². The SMILES string of the molecule is CCc1cccc(CC)c1-n1c(CC(C)C)c(C(=O)N2CCNCC2)cc(-c2nc(-c3ccc(C(F)(F)F)cc3)cs2)c1=O. The van der Waals surface area contributed by atoms with Crippen LogP contribution in [-0.2, 0) is 25.4 Å². The fourth-order valence-corrected chi connectivity index (χ4v) is 6.55. The minimum Gasteiger partial charge on any atom is -0.336 e. The van der Waals surface area contributed by atoms with E-state index >= 15 is 0 Å². The number of rotatable bonds is 8. The molecule has 2 aromatic carbocycles. The predicted octanol–water partition coefficient (Wildman–Crippen LogP) is 7.02. The summed E-state index contributed by atoms with van der Waals surface area (Å²) in [5.74, 6) is 0.0507. The summed E-state index contributed by atoms with van der Waals surface area (Å²) in [7, 11) is 0. The lowest BCUT2D eigenvalue weighted by atomic mass is 9.97. The molecule has 5 rings (SSSR count). The van der Waals surface area contributed by atoms with Gasteiger partial charge in [0.05, 0.1) is 28.1 Å². The molecule has 0 spiro atoms. The van der Waals surface area contributed by atoms with E-state index in [1.54, 1.807) is 16.0 Å². The van der Waals surface area contributed by atoms with Crippen molar-refractivity contribution < 1.29 is 18.0 Å². The van der Waals surface area contributed by atoms with E-state index in [0.717, 1.165) is 28.9 Å². The molecule has 6 nitrogen and oxygen atoms in total. The van der Waals surface area contributed by atoms with Crippen LogP contribution in [0.5, 0.6) is 0 Å². The van der Waals surface area contributed by atoms with Gasteiger partial charge in [0, 0.05) is 42.8 Å². The summed E-state index contributed by atoms with van der Waals surface area (Å²) in [4.78, 5) is 35.4. The summed E-state index contributed by atoms with van der Waals surface area (Å²) in [6, 6.07) is 12.6. The second-order valence-corrected chi connectivity index (χ2v) is 12.3. The van der Waals surface area contributed by atoms with Crippen molar-refractivity contribution in [3.8, 4) is 27.5 Å². The van der Waals surface area contributed by atoms with Gasteiger partial charge in [-0.1, -0.05) is 58.0 Å². The average Bonchev–Trinajstić information content (AvgIpc) is 3.51. The third kappa shape index (κ3) is 6.37. The van der Waals surface area contributed by atoms with Gasteiger partial charge in [-0.15, -0.1) is 11.3 Å². The molecule has 44 heavy (non-hydrogen) atoms. The van der Waals surface area contributed by atoms with Crippen LogP contribution in [0.3, 0.4) is 0 Å². The van der Waals surface area contributed by atoms with Gasteiger partial charge in [-0.3, -0.25) is 14.2 Å². The molecule has 0 aliphatic carbocycles. The standard InChI is InChI=1S/C34H37F3N4O2S/c1-5-22-8-7-9-23(6-2)30(22)41-29(18-21(3)4)26(32(42)40-16-14-38-15-17-40)19-27(33(41)43)31-39-28(20-44-31)24-10-12-25(13-11-24)34(35,36)37/h7-13,19-21,38H,5-6,14-18H2,1-4H3. The van der Waals surface area contributed by atoms with Gasteiger partial charge in [-0.2, -0.15) is 13.2 Å². The van der Waals surface area contributed by atoms with Crippen molar-refractivity contribution in [3.63, 3.8) is 0 Å². The number of hydrogen-bond donors (Lipinski definition) is 1. The van der Waals surface area contributed by atoms with Gasteiger partial charge in [0.25, 0.3) is 11.5 Å². The minimum atomic E-state index is -4.44. The molecule has 1 fully saturated rings. The number of nitrogens with one attached hydrogen (secondary N) is 1. The normalized spacial score (nSPS) is 14.0. The quantitative estimate of drug-likeness (QED) is 0.230. The number of carbonyl (C=O) groups excluding carboxylic acids is 1. The largest absolute Gasteiger partial charge is 0.416 e. The Balaban J connectivity index is 1.75. The summed E-state index contributed by atoms with van der Waals surface area (Å²) < 4.78 is 41.2. The van der Waals surface area contributed by atoms with Gasteiger partial charge in [0.1, 0.15) is 5.01 Å². The van der Waals surface area contributed by atoms with E-state index in [1.807, 2.05) is 23.1 Å². The molecule has 1 N–H and O–H groups in total. The molecule has 0 atom stereocenters. The summed E-state index contributed by atoms with van der Waals surface area (Å²) in [5.41, 5.74) is 4.28. The van der Waals surface area contributed by atoms with Crippen LogP contribution >= 0.6 is 11.3 Å². The number of alkyl halides is 3. The molecule has 4 aromatic rings. The Morgan fingerprint density at radius 2 is 1.66 bits per heavy atom. The number of pyridine rings is 1. The maximum atomic E-state index is 14.6. The Kier molecular flexibility index (Phi) is 9.41. The summed E-state index contributed by atoms with van der Waals surface area (Å²) >= 11 is 1.24. The van der Waals surface area contributed by atoms with Gasteiger partial charge in [-0.05, 0) is 54.5 Å². The van der Waals surface area contributed by atoms with E-state index in [-0.39, 0.29) is 17.4 Å². The van der Waals surface area contributed by atoms with E-state index in [9.17, 15) is 22.8 Å². The number of halogens is 3.